The van der Waals surface area contributed by atoms with Crippen LogP contribution in [-0.4, -0.2) is 17.2 Å². The lowest BCUT2D eigenvalue weighted by Crippen LogP contribution is -2.25. The fourth-order valence-electron chi connectivity index (χ4n) is 1.89. The van der Waals surface area contributed by atoms with Gasteiger partial charge in [0.15, 0.2) is 0 Å². The predicted molar refractivity (Wildman–Crippen MR) is 56.4 cm³/mol. The lowest BCUT2D eigenvalue weighted by Gasteiger charge is -2.11. The van der Waals surface area contributed by atoms with Gasteiger partial charge < -0.3 is 10.3 Å². The zero-order valence-corrected chi connectivity index (χ0v) is 8.27. The van der Waals surface area contributed by atoms with Crippen molar-refractivity contribution in [1.29, 1.82) is 0 Å². The maximum Gasteiger partial charge on any atom is 0.334 e. The van der Waals surface area contributed by atoms with Crippen LogP contribution >= 0.6 is 0 Å². The summed E-state index contributed by atoms with van der Waals surface area (Å²) < 4.78 is 0. The molecule has 3 heteroatoms. The number of para-hydroxylation sites is 1. The molecule has 0 unspecified atom stereocenters. The number of benzene rings is 1. The van der Waals surface area contributed by atoms with E-state index in [0.29, 0.717) is 0 Å². The Balaban J connectivity index is 2.40. The van der Waals surface area contributed by atoms with Crippen LogP contribution in [0.4, 0.5) is 5.69 Å². The van der Waals surface area contributed by atoms with Crippen LogP contribution < -0.4 is 4.90 Å². The summed E-state index contributed by atoms with van der Waals surface area (Å²) in [5.74, 6) is 0.777. The Kier molecular flexibility index (Phi) is 2.33. The van der Waals surface area contributed by atoms with Gasteiger partial charge in [-0.15, -0.1) is 0 Å². The topological polar surface area (TPSA) is 39.6 Å². The summed E-state index contributed by atoms with van der Waals surface area (Å²) in [5.41, 5.74) is 11.2. The standard InChI is InChI=1S/C11H13N3/c1-9-5-2-3-6-10(9)14-8-4-7-11(14)13-12/h2-3,5-6H,4,7-8H2,1H3. The average molecular weight is 187 g/mol. The van der Waals surface area contributed by atoms with Gasteiger partial charge in [-0.1, -0.05) is 18.2 Å². The van der Waals surface area contributed by atoms with Gasteiger partial charge >= 0.3 is 5.84 Å². The van der Waals surface area contributed by atoms with Crippen molar-refractivity contribution in [1.82, 2.24) is 0 Å². The number of rotatable bonds is 1. The molecule has 0 atom stereocenters. The van der Waals surface area contributed by atoms with Gasteiger partial charge in [-0.05, 0) is 25.0 Å². The first-order valence-electron chi connectivity index (χ1n) is 4.87. The summed E-state index contributed by atoms with van der Waals surface area (Å²) in [7, 11) is 0. The van der Waals surface area contributed by atoms with Crippen molar-refractivity contribution in [3.8, 4) is 0 Å². The fraction of sp³-hybridized carbons (Fsp3) is 0.364. The number of amidine groups is 1. The maximum absolute atomic E-state index is 8.83. The molecule has 0 amide bonds. The number of hydrogen-bond acceptors (Lipinski definition) is 0. The minimum absolute atomic E-state index is 0.777. The van der Waals surface area contributed by atoms with E-state index in [1.165, 1.54) is 5.56 Å². The lowest BCUT2D eigenvalue weighted by atomic mass is 10.2. The quantitative estimate of drug-likeness (QED) is 0.491. The van der Waals surface area contributed by atoms with Crippen molar-refractivity contribution in [2.24, 2.45) is 0 Å². The number of aryl methyl sites for hydroxylation is 1. The number of anilines is 1. The van der Waals surface area contributed by atoms with E-state index in [-0.39, 0.29) is 0 Å². The second kappa shape index (κ2) is 3.64. The third-order valence-corrected chi connectivity index (χ3v) is 2.62. The normalized spacial score (nSPS) is 15.8. The highest BCUT2D eigenvalue weighted by molar-refractivity contribution is 5.96. The molecule has 1 aliphatic rings. The van der Waals surface area contributed by atoms with Crippen LogP contribution in [0.15, 0.2) is 24.3 Å². The molecule has 0 aliphatic carbocycles. The highest BCUT2D eigenvalue weighted by atomic mass is 15.2. The molecule has 2 rings (SSSR count). The van der Waals surface area contributed by atoms with Gasteiger partial charge in [-0.2, -0.15) is 0 Å². The zero-order chi connectivity index (χ0) is 9.97. The Bertz CT molecular complexity index is 391. The largest absolute Gasteiger partial charge is 0.498 e. The molecule has 3 nitrogen and oxygen atoms in total. The van der Waals surface area contributed by atoms with Gasteiger partial charge in [0.1, 0.15) is 5.69 Å². The molecule has 1 aromatic carbocycles. The smallest absolute Gasteiger partial charge is 0.334 e. The second-order valence-corrected chi connectivity index (χ2v) is 3.56. The van der Waals surface area contributed by atoms with Gasteiger partial charge in [0.25, 0.3) is 0 Å². The summed E-state index contributed by atoms with van der Waals surface area (Å²) in [6, 6.07) is 8.16. The molecule has 1 aliphatic heterocycles. The van der Waals surface area contributed by atoms with Crippen LogP contribution in [0.25, 0.3) is 5.53 Å². The van der Waals surface area contributed by atoms with E-state index in [4.69, 9.17) is 5.53 Å². The van der Waals surface area contributed by atoms with Gasteiger partial charge in [0.05, 0.1) is 13.0 Å². The number of nitrogens with zero attached hydrogens (tertiary/aromatic N) is 3. The highest BCUT2D eigenvalue weighted by Crippen LogP contribution is 2.24. The first-order valence-corrected chi connectivity index (χ1v) is 4.87. The molecule has 0 bridgehead atoms. The summed E-state index contributed by atoms with van der Waals surface area (Å²) in [4.78, 5) is 5.41. The van der Waals surface area contributed by atoms with Crippen molar-refractivity contribution < 1.29 is 4.79 Å². The molecule has 0 radical (unpaired) electrons. The summed E-state index contributed by atoms with van der Waals surface area (Å²) >= 11 is 0. The summed E-state index contributed by atoms with van der Waals surface area (Å²) in [5, 5.41) is 0. The van der Waals surface area contributed by atoms with E-state index in [0.717, 1.165) is 30.9 Å². The van der Waals surface area contributed by atoms with Crippen LogP contribution in [0.2, 0.25) is 0 Å². The van der Waals surface area contributed by atoms with E-state index < -0.39 is 0 Å². The maximum atomic E-state index is 8.83. The van der Waals surface area contributed by atoms with Crippen molar-refractivity contribution in [3.63, 3.8) is 0 Å². The molecular formula is C11H13N3. The van der Waals surface area contributed by atoms with Crippen molar-refractivity contribution in [2.45, 2.75) is 19.8 Å². The molecule has 1 fully saturated rings. The molecule has 1 heterocycles. The molecule has 0 aromatic heterocycles. The molecule has 1 saturated heterocycles. The molecular weight excluding hydrogens is 174 g/mol. The third kappa shape index (κ3) is 1.42. The predicted octanol–water partition coefficient (Wildman–Crippen LogP) is 2.22. The van der Waals surface area contributed by atoms with Crippen LogP contribution in [0, 0.1) is 6.92 Å². The monoisotopic (exact) mass is 187 g/mol. The Labute approximate surface area is 83.6 Å². The Morgan fingerprint density at radius 1 is 1.36 bits per heavy atom. The van der Waals surface area contributed by atoms with E-state index in [1.807, 2.05) is 12.1 Å². The van der Waals surface area contributed by atoms with Gasteiger partial charge in [0.2, 0.25) is 0 Å². The molecule has 0 saturated carbocycles. The van der Waals surface area contributed by atoms with E-state index in [1.54, 1.807) is 0 Å². The first kappa shape index (κ1) is 8.97. The third-order valence-electron chi connectivity index (χ3n) is 2.62. The molecule has 1 aromatic rings. The first-order chi connectivity index (χ1) is 6.83. The Hall–Kier alpha value is -1.60. The highest BCUT2D eigenvalue weighted by Gasteiger charge is 2.29. The SMILES string of the molecule is Cc1ccccc1N1CCCC1=[N+]=[N-]. The van der Waals surface area contributed by atoms with E-state index in [9.17, 15) is 0 Å². The van der Waals surface area contributed by atoms with Crippen LogP contribution in [0.1, 0.15) is 18.4 Å². The van der Waals surface area contributed by atoms with Gasteiger partial charge in [0, 0.05) is 0 Å². The molecule has 0 N–H and O–H groups in total. The van der Waals surface area contributed by atoms with Crippen molar-refractivity contribution in [2.75, 3.05) is 11.4 Å². The minimum Gasteiger partial charge on any atom is -0.498 e. The second-order valence-electron chi connectivity index (χ2n) is 3.56. The van der Waals surface area contributed by atoms with Crippen molar-refractivity contribution in [3.05, 3.63) is 35.4 Å². The zero-order valence-electron chi connectivity index (χ0n) is 8.27. The Morgan fingerprint density at radius 3 is 2.86 bits per heavy atom. The Morgan fingerprint density at radius 2 is 2.14 bits per heavy atom. The van der Waals surface area contributed by atoms with E-state index >= 15 is 0 Å². The van der Waals surface area contributed by atoms with Crippen molar-refractivity contribution >= 4 is 11.5 Å². The lowest BCUT2D eigenvalue weighted by molar-refractivity contribution is -0.00890. The van der Waals surface area contributed by atoms with E-state index in [2.05, 4.69) is 28.7 Å². The van der Waals surface area contributed by atoms with Gasteiger partial charge in [-0.25, -0.2) is 4.90 Å². The van der Waals surface area contributed by atoms with Gasteiger partial charge in [-0.3, -0.25) is 0 Å². The molecule has 14 heavy (non-hydrogen) atoms. The minimum atomic E-state index is 0.777. The summed E-state index contributed by atoms with van der Waals surface area (Å²) in [6.07, 6.45) is 1.93. The number of hydrogen-bond donors (Lipinski definition) is 0. The average Bonchev–Trinajstić information content (AvgIpc) is 2.66. The molecule has 0 spiro atoms. The van der Waals surface area contributed by atoms with Crippen LogP contribution in [-0.2, 0) is 0 Å². The summed E-state index contributed by atoms with van der Waals surface area (Å²) in [6.45, 7) is 3.02. The molecule has 72 valence electrons. The van der Waals surface area contributed by atoms with Crippen LogP contribution in [0.3, 0.4) is 0 Å². The van der Waals surface area contributed by atoms with Crippen LogP contribution in [0.5, 0.6) is 0 Å². The fourth-order valence-corrected chi connectivity index (χ4v) is 1.89.